The fourth-order valence-electron chi connectivity index (χ4n) is 2.57. The average Bonchev–Trinajstić information content (AvgIpc) is 2.61. The van der Waals surface area contributed by atoms with Gasteiger partial charge in [-0.15, -0.1) is 0 Å². The van der Waals surface area contributed by atoms with E-state index in [4.69, 9.17) is 16.3 Å². The van der Waals surface area contributed by atoms with E-state index >= 15 is 0 Å². The van der Waals surface area contributed by atoms with Crippen LogP contribution in [-0.4, -0.2) is 32.3 Å². The fourth-order valence-corrected chi connectivity index (χ4v) is 2.76. The third-order valence-corrected chi connectivity index (χ3v) is 4.08. The van der Waals surface area contributed by atoms with Crippen LogP contribution in [0.5, 0.6) is 0 Å². The van der Waals surface area contributed by atoms with Crippen molar-refractivity contribution in [1.82, 2.24) is 5.32 Å². The molecule has 2 aromatic rings. The first kappa shape index (κ1) is 16.6. The summed E-state index contributed by atoms with van der Waals surface area (Å²) in [4.78, 5) is 14.2. The van der Waals surface area contributed by atoms with Crippen molar-refractivity contribution in [2.45, 2.75) is 6.54 Å². The Morgan fingerprint density at radius 1 is 1.12 bits per heavy atom. The number of anilines is 2. The molecule has 0 saturated carbocycles. The Morgan fingerprint density at radius 2 is 1.88 bits per heavy atom. The van der Waals surface area contributed by atoms with E-state index in [1.54, 1.807) is 24.3 Å². The Labute approximate surface area is 146 Å². The van der Waals surface area contributed by atoms with Crippen molar-refractivity contribution < 1.29 is 9.53 Å². The molecule has 0 bridgehead atoms. The summed E-state index contributed by atoms with van der Waals surface area (Å²) in [7, 11) is 0. The number of nitrogens with one attached hydrogen (secondary N) is 2. The maximum atomic E-state index is 11.9. The lowest BCUT2D eigenvalue weighted by atomic mass is 10.2. The van der Waals surface area contributed by atoms with Crippen LogP contribution in [0.4, 0.5) is 16.2 Å². The summed E-state index contributed by atoms with van der Waals surface area (Å²) < 4.78 is 5.36. The molecule has 1 saturated heterocycles. The zero-order valence-corrected chi connectivity index (χ0v) is 14.1. The first-order chi connectivity index (χ1) is 11.7. The van der Waals surface area contributed by atoms with Crippen molar-refractivity contribution in [2.24, 2.45) is 0 Å². The van der Waals surface area contributed by atoms with Crippen LogP contribution in [-0.2, 0) is 11.3 Å². The highest BCUT2D eigenvalue weighted by atomic mass is 35.5. The van der Waals surface area contributed by atoms with E-state index < -0.39 is 0 Å². The Morgan fingerprint density at radius 3 is 2.58 bits per heavy atom. The summed E-state index contributed by atoms with van der Waals surface area (Å²) >= 11 is 5.90. The molecule has 1 aliphatic heterocycles. The van der Waals surface area contributed by atoms with Crippen molar-refractivity contribution in [1.29, 1.82) is 0 Å². The molecule has 0 aromatic heterocycles. The molecule has 0 aliphatic carbocycles. The van der Waals surface area contributed by atoms with E-state index in [1.807, 2.05) is 12.1 Å². The number of carbonyl (C=O) groups is 1. The van der Waals surface area contributed by atoms with Crippen LogP contribution in [0.15, 0.2) is 48.5 Å². The topological polar surface area (TPSA) is 53.6 Å². The lowest BCUT2D eigenvalue weighted by Gasteiger charge is -2.28. The molecule has 5 nitrogen and oxygen atoms in total. The van der Waals surface area contributed by atoms with Gasteiger partial charge in [-0.2, -0.15) is 0 Å². The maximum Gasteiger partial charge on any atom is 0.319 e. The van der Waals surface area contributed by atoms with Crippen LogP contribution in [0, 0.1) is 0 Å². The Balaban J connectivity index is 1.50. The van der Waals surface area contributed by atoms with E-state index in [2.05, 4.69) is 27.7 Å². The number of amides is 2. The predicted octanol–water partition coefficient (Wildman–Crippen LogP) is 3.50. The minimum absolute atomic E-state index is 0.255. The van der Waals surface area contributed by atoms with Crippen molar-refractivity contribution in [3.63, 3.8) is 0 Å². The average molecular weight is 346 g/mol. The SMILES string of the molecule is O=C(NCc1ccc(N2CCOCC2)cc1)Nc1cccc(Cl)c1. The van der Waals surface area contributed by atoms with Crippen LogP contribution in [0.25, 0.3) is 0 Å². The minimum atomic E-state index is -0.255. The molecule has 2 N–H and O–H groups in total. The summed E-state index contributed by atoms with van der Waals surface area (Å²) in [5.41, 5.74) is 2.90. The van der Waals surface area contributed by atoms with Gasteiger partial charge < -0.3 is 20.3 Å². The van der Waals surface area contributed by atoms with E-state index in [0.29, 0.717) is 17.3 Å². The molecule has 0 unspecified atom stereocenters. The number of hydrogen-bond acceptors (Lipinski definition) is 3. The van der Waals surface area contributed by atoms with Crippen molar-refractivity contribution >= 4 is 29.0 Å². The summed E-state index contributed by atoms with van der Waals surface area (Å²) in [5, 5.41) is 6.19. The lowest BCUT2D eigenvalue weighted by molar-refractivity contribution is 0.122. The quantitative estimate of drug-likeness (QED) is 0.891. The van der Waals surface area contributed by atoms with Gasteiger partial charge in [0, 0.05) is 36.0 Å². The van der Waals surface area contributed by atoms with Crippen LogP contribution >= 0.6 is 11.6 Å². The standard InChI is InChI=1S/C18H20ClN3O2/c19-15-2-1-3-16(12-15)21-18(23)20-13-14-4-6-17(7-5-14)22-8-10-24-11-9-22/h1-7,12H,8-11,13H2,(H2,20,21,23). The zero-order chi connectivity index (χ0) is 16.8. The van der Waals surface area contributed by atoms with Gasteiger partial charge in [0.2, 0.25) is 0 Å². The highest BCUT2D eigenvalue weighted by Gasteiger charge is 2.10. The molecule has 1 aliphatic rings. The third-order valence-electron chi connectivity index (χ3n) is 3.85. The van der Waals surface area contributed by atoms with E-state index in [0.717, 1.165) is 31.9 Å². The van der Waals surface area contributed by atoms with Crippen LogP contribution in [0.3, 0.4) is 0 Å². The molecule has 126 valence electrons. The monoisotopic (exact) mass is 345 g/mol. The summed E-state index contributed by atoms with van der Waals surface area (Å²) in [6.45, 7) is 3.84. The number of urea groups is 1. The zero-order valence-electron chi connectivity index (χ0n) is 13.3. The van der Waals surface area contributed by atoms with Gasteiger partial charge in [-0.3, -0.25) is 0 Å². The molecule has 6 heteroatoms. The van der Waals surface area contributed by atoms with Gasteiger partial charge in [-0.05, 0) is 35.9 Å². The Bertz CT molecular complexity index is 685. The molecule has 2 aromatic carbocycles. The molecule has 3 rings (SSSR count). The van der Waals surface area contributed by atoms with Gasteiger partial charge in [0.1, 0.15) is 0 Å². The summed E-state index contributed by atoms with van der Waals surface area (Å²) in [5.74, 6) is 0. The van der Waals surface area contributed by atoms with E-state index in [-0.39, 0.29) is 6.03 Å². The molecule has 2 amide bonds. The smallest absolute Gasteiger partial charge is 0.319 e. The van der Waals surface area contributed by atoms with Crippen LogP contribution in [0.2, 0.25) is 5.02 Å². The van der Waals surface area contributed by atoms with Gasteiger partial charge in [-0.1, -0.05) is 29.8 Å². The number of nitrogens with zero attached hydrogens (tertiary/aromatic N) is 1. The van der Waals surface area contributed by atoms with Gasteiger partial charge >= 0.3 is 6.03 Å². The molecule has 0 atom stereocenters. The second-order valence-corrected chi connectivity index (χ2v) is 6.02. The molecule has 24 heavy (non-hydrogen) atoms. The molecular formula is C18H20ClN3O2. The maximum absolute atomic E-state index is 11.9. The van der Waals surface area contributed by atoms with Crippen molar-refractivity contribution in [2.75, 3.05) is 36.5 Å². The number of morpholine rings is 1. The predicted molar refractivity (Wildman–Crippen MR) is 96.8 cm³/mol. The van der Waals surface area contributed by atoms with Gasteiger partial charge in [0.05, 0.1) is 13.2 Å². The van der Waals surface area contributed by atoms with Crippen LogP contribution < -0.4 is 15.5 Å². The number of rotatable bonds is 4. The number of carbonyl (C=O) groups excluding carboxylic acids is 1. The van der Waals surface area contributed by atoms with Crippen molar-refractivity contribution in [3.05, 3.63) is 59.1 Å². The Kier molecular flexibility index (Phi) is 5.56. The largest absolute Gasteiger partial charge is 0.378 e. The first-order valence-corrected chi connectivity index (χ1v) is 8.30. The third kappa shape index (κ3) is 4.63. The molecule has 1 fully saturated rings. The Hall–Kier alpha value is -2.24. The number of halogens is 1. The van der Waals surface area contributed by atoms with E-state index in [1.165, 1.54) is 5.69 Å². The van der Waals surface area contributed by atoms with Gasteiger partial charge in [-0.25, -0.2) is 4.79 Å². The summed E-state index contributed by atoms with van der Waals surface area (Å²) in [6.07, 6.45) is 0. The highest BCUT2D eigenvalue weighted by molar-refractivity contribution is 6.30. The molecule has 1 heterocycles. The number of ether oxygens (including phenoxy) is 1. The van der Waals surface area contributed by atoms with E-state index in [9.17, 15) is 4.79 Å². The second kappa shape index (κ2) is 8.04. The lowest BCUT2D eigenvalue weighted by Crippen LogP contribution is -2.36. The molecule has 0 spiro atoms. The number of benzene rings is 2. The molecule has 0 radical (unpaired) electrons. The van der Waals surface area contributed by atoms with Gasteiger partial charge in [0.15, 0.2) is 0 Å². The first-order valence-electron chi connectivity index (χ1n) is 7.93. The highest BCUT2D eigenvalue weighted by Crippen LogP contribution is 2.17. The molecular weight excluding hydrogens is 326 g/mol. The fraction of sp³-hybridized carbons (Fsp3) is 0.278. The van der Waals surface area contributed by atoms with Crippen molar-refractivity contribution in [3.8, 4) is 0 Å². The number of hydrogen-bond donors (Lipinski definition) is 2. The summed E-state index contributed by atoms with van der Waals surface area (Å²) in [6, 6.07) is 15.0. The minimum Gasteiger partial charge on any atom is -0.378 e. The van der Waals surface area contributed by atoms with Gasteiger partial charge in [0.25, 0.3) is 0 Å². The normalized spacial score (nSPS) is 14.3. The second-order valence-electron chi connectivity index (χ2n) is 5.58. The van der Waals surface area contributed by atoms with Crippen LogP contribution in [0.1, 0.15) is 5.56 Å².